The Labute approximate surface area is 119 Å². The quantitative estimate of drug-likeness (QED) is 0.743. The lowest BCUT2D eigenvalue weighted by Crippen LogP contribution is -2.32. The van der Waals surface area contributed by atoms with Gasteiger partial charge in [-0.05, 0) is 36.2 Å². The van der Waals surface area contributed by atoms with Gasteiger partial charge in [0.25, 0.3) is 0 Å². The molecule has 0 aliphatic carbocycles. The van der Waals surface area contributed by atoms with Crippen LogP contribution in [0.5, 0.6) is 0 Å². The van der Waals surface area contributed by atoms with Crippen molar-refractivity contribution in [1.29, 1.82) is 0 Å². The summed E-state index contributed by atoms with van der Waals surface area (Å²) in [5.41, 5.74) is 8.10. The summed E-state index contributed by atoms with van der Waals surface area (Å²) < 4.78 is 0. The summed E-state index contributed by atoms with van der Waals surface area (Å²) in [7, 11) is 0. The minimum atomic E-state index is -0.217. The number of anilines is 2. The summed E-state index contributed by atoms with van der Waals surface area (Å²) in [4.78, 5) is 12.0. The highest BCUT2D eigenvalue weighted by Gasteiger charge is 2.12. The molecule has 0 aliphatic heterocycles. The Morgan fingerprint density at radius 3 is 2.35 bits per heavy atom. The standard InChI is InChI=1S/C16H19N3O/c1-2-15(12-6-4-3-5-7-12)19-16(20)18-14-10-8-13(17)9-11-14/h3-11,15H,2,17H2,1H3,(H2,18,19,20). The van der Waals surface area contributed by atoms with E-state index in [0.717, 1.165) is 17.7 Å². The average Bonchev–Trinajstić information content (AvgIpc) is 2.48. The molecule has 0 saturated heterocycles. The van der Waals surface area contributed by atoms with E-state index in [1.165, 1.54) is 0 Å². The number of nitrogen functional groups attached to an aromatic ring is 1. The molecule has 2 aromatic carbocycles. The molecule has 2 amide bonds. The van der Waals surface area contributed by atoms with Crippen LogP contribution in [0.25, 0.3) is 0 Å². The van der Waals surface area contributed by atoms with E-state index in [0.29, 0.717) is 5.69 Å². The Bertz CT molecular complexity index is 552. The number of carbonyl (C=O) groups is 1. The van der Waals surface area contributed by atoms with E-state index in [1.807, 2.05) is 37.3 Å². The predicted octanol–water partition coefficient (Wildman–Crippen LogP) is 3.54. The molecule has 20 heavy (non-hydrogen) atoms. The third-order valence-electron chi connectivity index (χ3n) is 3.08. The second kappa shape index (κ2) is 6.61. The maximum absolute atomic E-state index is 12.0. The van der Waals surface area contributed by atoms with Crippen LogP contribution in [0.15, 0.2) is 54.6 Å². The Morgan fingerprint density at radius 1 is 1.10 bits per heavy atom. The summed E-state index contributed by atoms with van der Waals surface area (Å²) in [5.74, 6) is 0. The molecule has 0 aliphatic rings. The van der Waals surface area contributed by atoms with Crippen molar-refractivity contribution in [2.45, 2.75) is 19.4 Å². The number of rotatable bonds is 4. The Hall–Kier alpha value is -2.49. The van der Waals surface area contributed by atoms with E-state index in [4.69, 9.17) is 5.73 Å². The maximum Gasteiger partial charge on any atom is 0.319 e. The maximum atomic E-state index is 12.0. The van der Waals surface area contributed by atoms with Crippen LogP contribution in [0.2, 0.25) is 0 Å². The number of nitrogens with two attached hydrogens (primary N) is 1. The summed E-state index contributed by atoms with van der Waals surface area (Å²) in [6.07, 6.45) is 0.833. The van der Waals surface area contributed by atoms with E-state index in [1.54, 1.807) is 24.3 Å². The van der Waals surface area contributed by atoms with Crippen molar-refractivity contribution < 1.29 is 4.79 Å². The van der Waals surface area contributed by atoms with Crippen LogP contribution in [-0.4, -0.2) is 6.03 Å². The molecule has 4 heteroatoms. The molecule has 2 rings (SSSR count). The van der Waals surface area contributed by atoms with Crippen molar-refractivity contribution in [3.05, 3.63) is 60.2 Å². The van der Waals surface area contributed by atoms with Crippen molar-refractivity contribution in [3.63, 3.8) is 0 Å². The second-order valence-electron chi connectivity index (χ2n) is 4.59. The van der Waals surface area contributed by atoms with Crippen LogP contribution < -0.4 is 16.4 Å². The normalized spacial score (nSPS) is 11.7. The molecule has 2 aromatic rings. The van der Waals surface area contributed by atoms with Gasteiger partial charge < -0.3 is 16.4 Å². The minimum Gasteiger partial charge on any atom is -0.399 e. The molecule has 0 fully saturated rings. The van der Waals surface area contributed by atoms with Crippen molar-refractivity contribution >= 4 is 17.4 Å². The zero-order valence-corrected chi connectivity index (χ0v) is 11.5. The lowest BCUT2D eigenvalue weighted by atomic mass is 10.1. The largest absolute Gasteiger partial charge is 0.399 e. The summed E-state index contributed by atoms with van der Waals surface area (Å²) in [6, 6.07) is 16.8. The fourth-order valence-corrected chi connectivity index (χ4v) is 2.00. The lowest BCUT2D eigenvalue weighted by molar-refractivity contribution is 0.248. The zero-order chi connectivity index (χ0) is 14.4. The molecule has 104 valence electrons. The molecule has 4 N–H and O–H groups in total. The van der Waals surface area contributed by atoms with Gasteiger partial charge in [-0.3, -0.25) is 0 Å². The van der Waals surface area contributed by atoms with Crippen LogP contribution in [0.3, 0.4) is 0 Å². The monoisotopic (exact) mass is 269 g/mol. The molecule has 4 nitrogen and oxygen atoms in total. The van der Waals surface area contributed by atoms with Crippen molar-refractivity contribution in [2.75, 3.05) is 11.1 Å². The highest BCUT2D eigenvalue weighted by atomic mass is 16.2. The van der Waals surface area contributed by atoms with E-state index in [2.05, 4.69) is 10.6 Å². The first-order valence-electron chi connectivity index (χ1n) is 6.67. The van der Waals surface area contributed by atoms with E-state index in [9.17, 15) is 4.79 Å². The first-order chi connectivity index (χ1) is 9.69. The Morgan fingerprint density at radius 2 is 1.75 bits per heavy atom. The molecule has 1 unspecified atom stereocenters. The number of amides is 2. The van der Waals surface area contributed by atoms with Gasteiger partial charge in [0, 0.05) is 11.4 Å². The van der Waals surface area contributed by atoms with Crippen LogP contribution in [-0.2, 0) is 0 Å². The third-order valence-corrected chi connectivity index (χ3v) is 3.08. The average molecular weight is 269 g/mol. The van der Waals surface area contributed by atoms with Gasteiger partial charge in [0.15, 0.2) is 0 Å². The van der Waals surface area contributed by atoms with Crippen LogP contribution in [0.4, 0.5) is 16.2 Å². The van der Waals surface area contributed by atoms with Gasteiger partial charge in [-0.1, -0.05) is 37.3 Å². The van der Waals surface area contributed by atoms with Crippen LogP contribution in [0, 0.1) is 0 Å². The van der Waals surface area contributed by atoms with Gasteiger partial charge in [-0.2, -0.15) is 0 Å². The highest BCUT2D eigenvalue weighted by Crippen LogP contribution is 2.16. The van der Waals surface area contributed by atoms with Crippen molar-refractivity contribution in [1.82, 2.24) is 5.32 Å². The predicted molar refractivity (Wildman–Crippen MR) is 82.5 cm³/mol. The molecule has 0 heterocycles. The lowest BCUT2D eigenvalue weighted by Gasteiger charge is -2.18. The van der Waals surface area contributed by atoms with Gasteiger partial charge in [-0.25, -0.2) is 4.79 Å². The molecule has 1 atom stereocenters. The molecule has 0 radical (unpaired) electrons. The number of nitrogens with one attached hydrogen (secondary N) is 2. The Kier molecular flexibility index (Phi) is 4.60. The van der Waals surface area contributed by atoms with Crippen molar-refractivity contribution in [3.8, 4) is 0 Å². The summed E-state index contributed by atoms with van der Waals surface area (Å²) >= 11 is 0. The topological polar surface area (TPSA) is 67.2 Å². The summed E-state index contributed by atoms with van der Waals surface area (Å²) in [6.45, 7) is 2.04. The Balaban J connectivity index is 1.97. The van der Waals surface area contributed by atoms with E-state index >= 15 is 0 Å². The fraction of sp³-hybridized carbons (Fsp3) is 0.188. The summed E-state index contributed by atoms with van der Waals surface area (Å²) in [5, 5.41) is 5.76. The molecular weight excluding hydrogens is 250 g/mol. The molecule has 0 bridgehead atoms. The van der Waals surface area contributed by atoms with Gasteiger partial charge >= 0.3 is 6.03 Å². The van der Waals surface area contributed by atoms with Gasteiger partial charge in [0.05, 0.1) is 6.04 Å². The van der Waals surface area contributed by atoms with Crippen LogP contribution >= 0.6 is 0 Å². The fourth-order valence-electron chi connectivity index (χ4n) is 2.00. The first kappa shape index (κ1) is 13.9. The van der Waals surface area contributed by atoms with E-state index in [-0.39, 0.29) is 12.1 Å². The van der Waals surface area contributed by atoms with E-state index < -0.39 is 0 Å². The van der Waals surface area contributed by atoms with Gasteiger partial charge in [-0.15, -0.1) is 0 Å². The number of benzene rings is 2. The third kappa shape index (κ3) is 3.75. The number of urea groups is 1. The SMILES string of the molecule is CCC(NC(=O)Nc1ccc(N)cc1)c1ccccc1. The van der Waals surface area contributed by atoms with Crippen molar-refractivity contribution in [2.24, 2.45) is 0 Å². The van der Waals surface area contributed by atoms with Gasteiger partial charge in [0.2, 0.25) is 0 Å². The molecule has 0 spiro atoms. The highest BCUT2D eigenvalue weighted by molar-refractivity contribution is 5.89. The minimum absolute atomic E-state index is 0.00461. The van der Waals surface area contributed by atoms with Gasteiger partial charge in [0.1, 0.15) is 0 Å². The molecule has 0 aromatic heterocycles. The number of hydrogen-bond donors (Lipinski definition) is 3. The molecule has 0 saturated carbocycles. The van der Waals surface area contributed by atoms with Crippen LogP contribution in [0.1, 0.15) is 24.9 Å². The zero-order valence-electron chi connectivity index (χ0n) is 11.5. The first-order valence-corrected chi connectivity index (χ1v) is 6.67. The smallest absolute Gasteiger partial charge is 0.319 e. The molecular formula is C16H19N3O. The number of hydrogen-bond acceptors (Lipinski definition) is 2. The number of carbonyl (C=O) groups excluding carboxylic acids is 1. The second-order valence-corrected chi connectivity index (χ2v) is 4.59.